The van der Waals surface area contributed by atoms with Crippen molar-refractivity contribution in [2.24, 2.45) is 11.7 Å². The number of aromatic nitrogens is 2. The number of rotatable bonds is 6. The van der Waals surface area contributed by atoms with Gasteiger partial charge in [-0.05, 0) is 25.3 Å². The van der Waals surface area contributed by atoms with Crippen molar-refractivity contribution in [3.8, 4) is 11.4 Å². The van der Waals surface area contributed by atoms with Crippen molar-refractivity contribution in [3.05, 3.63) is 36.2 Å². The normalized spacial score (nSPS) is 12.6. The first-order valence-corrected chi connectivity index (χ1v) is 6.37. The van der Waals surface area contributed by atoms with Gasteiger partial charge in [0.1, 0.15) is 0 Å². The van der Waals surface area contributed by atoms with Crippen LogP contribution in [0.4, 0.5) is 0 Å². The number of nitrogens with two attached hydrogens (primary N) is 1. The van der Waals surface area contributed by atoms with Crippen LogP contribution in [0.25, 0.3) is 11.4 Å². The molecule has 96 valence electrons. The first-order valence-electron chi connectivity index (χ1n) is 6.37. The van der Waals surface area contributed by atoms with E-state index in [0.717, 1.165) is 31.4 Å². The summed E-state index contributed by atoms with van der Waals surface area (Å²) in [4.78, 5) is 4.40. The second-order valence-electron chi connectivity index (χ2n) is 4.60. The summed E-state index contributed by atoms with van der Waals surface area (Å²) in [6.45, 7) is 2.93. The summed E-state index contributed by atoms with van der Waals surface area (Å²) in [5, 5.41) is 4.00. The van der Waals surface area contributed by atoms with E-state index in [1.165, 1.54) is 0 Å². The molecule has 0 spiro atoms. The second-order valence-corrected chi connectivity index (χ2v) is 4.60. The summed E-state index contributed by atoms with van der Waals surface area (Å²) < 4.78 is 5.26. The summed E-state index contributed by atoms with van der Waals surface area (Å²) in [6, 6.07) is 9.86. The quantitative estimate of drug-likeness (QED) is 0.849. The number of nitrogens with zero attached hydrogens (tertiary/aromatic N) is 2. The fourth-order valence-corrected chi connectivity index (χ4v) is 1.86. The van der Waals surface area contributed by atoms with Gasteiger partial charge in [-0.15, -0.1) is 0 Å². The molecule has 18 heavy (non-hydrogen) atoms. The first kappa shape index (κ1) is 12.8. The van der Waals surface area contributed by atoms with Crippen LogP contribution in [-0.4, -0.2) is 16.7 Å². The van der Waals surface area contributed by atoms with Crippen LogP contribution >= 0.6 is 0 Å². The number of hydrogen-bond acceptors (Lipinski definition) is 4. The van der Waals surface area contributed by atoms with Crippen LogP contribution in [0.5, 0.6) is 0 Å². The minimum atomic E-state index is 0.599. The Hall–Kier alpha value is -1.68. The molecule has 2 aromatic rings. The number of aryl methyl sites for hydroxylation is 1. The Kier molecular flexibility index (Phi) is 4.47. The van der Waals surface area contributed by atoms with E-state index in [1.54, 1.807) is 0 Å². The third-order valence-electron chi connectivity index (χ3n) is 3.01. The van der Waals surface area contributed by atoms with Gasteiger partial charge in [0.15, 0.2) is 0 Å². The fraction of sp³-hybridized carbons (Fsp3) is 0.429. The third kappa shape index (κ3) is 3.40. The predicted molar refractivity (Wildman–Crippen MR) is 70.9 cm³/mol. The zero-order valence-corrected chi connectivity index (χ0v) is 10.7. The lowest BCUT2D eigenvalue weighted by atomic mass is 10.0. The molecule has 2 rings (SSSR count). The highest BCUT2D eigenvalue weighted by Gasteiger charge is 2.09. The molecule has 1 aromatic carbocycles. The Balaban J connectivity index is 1.95. The smallest absolute Gasteiger partial charge is 0.226 e. The van der Waals surface area contributed by atoms with E-state index in [0.29, 0.717) is 17.6 Å². The monoisotopic (exact) mass is 245 g/mol. The Morgan fingerprint density at radius 3 is 2.72 bits per heavy atom. The molecule has 0 saturated carbocycles. The average molecular weight is 245 g/mol. The van der Waals surface area contributed by atoms with Crippen LogP contribution in [-0.2, 0) is 6.42 Å². The first-order chi connectivity index (χ1) is 8.79. The van der Waals surface area contributed by atoms with Crippen molar-refractivity contribution < 1.29 is 4.52 Å². The number of hydrogen-bond donors (Lipinski definition) is 1. The minimum absolute atomic E-state index is 0.599. The molecule has 0 saturated heterocycles. The summed E-state index contributed by atoms with van der Waals surface area (Å²) in [5.41, 5.74) is 6.52. The minimum Gasteiger partial charge on any atom is -0.339 e. The lowest BCUT2D eigenvalue weighted by Crippen LogP contribution is -2.06. The molecule has 0 aliphatic rings. The molecule has 1 unspecified atom stereocenters. The van der Waals surface area contributed by atoms with Gasteiger partial charge in [0.2, 0.25) is 11.7 Å². The van der Waals surface area contributed by atoms with Gasteiger partial charge < -0.3 is 10.3 Å². The average Bonchev–Trinajstić information content (AvgIpc) is 2.87. The van der Waals surface area contributed by atoms with Gasteiger partial charge in [-0.3, -0.25) is 0 Å². The van der Waals surface area contributed by atoms with E-state index in [-0.39, 0.29) is 0 Å². The molecule has 0 fully saturated rings. The van der Waals surface area contributed by atoms with Crippen LogP contribution in [0.1, 0.15) is 25.7 Å². The van der Waals surface area contributed by atoms with Crippen molar-refractivity contribution in [3.63, 3.8) is 0 Å². The highest BCUT2D eigenvalue weighted by Crippen LogP contribution is 2.17. The molecule has 4 heteroatoms. The SMILES string of the molecule is CC(CCN)CCc1nc(-c2ccccc2)no1. The molecule has 0 aliphatic carbocycles. The van der Waals surface area contributed by atoms with Crippen LogP contribution in [0.3, 0.4) is 0 Å². The summed E-state index contributed by atoms with van der Waals surface area (Å²) in [5.74, 6) is 1.97. The summed E-state index contributed by atoms with van der Waals surface area (Å²) >= 11 is 0. The molecule has 0 aliphatic heterocycles. The van der Waals surface area contributed by atoms with E-state index in [1.807, 2.05) is 30.3 Å². The highest BCUT2D eigenvalue weighted by atomic mass is 16.5. The van der Waals surface area contributed by atoms with Crippen molar-refractivity contribution in [2.45, 2.75) is 26.2 Å². The molecule has 0 radical (unpaired) electrons. The lowest BCUT2D eigenvalue weighted by molar-refractivity contribution is 0.362. The van der Waals surface area contributed by atoms with E-state index in [2.05, 4.69) is 17.1 Å². The zero-order chi connectivity index (χ0) is 12.8. The lowest BCUT2D eigenvalue weighted by Gasteiger charge is -2.06. The maximum Gasteiger partial charge on any atom is 0.226 e. The van der Waals surface area contributed by atoms with Gasteiger partial charge >= 0.3 is 0 Å². The van der Waals surface area contributed by atoms with E-state index in [4.69, 9.17) is 10.3 Å². The van der Waals surface area contributed by atoms with Gasteiger partial charge in [-0.25, -0.2) is 0 Å². The maximum absolute atomic E-state index is 5.53. The Morgan fingerprint density at radius 2 is 2.00 bits per heavy atom. The van der Waals surface area contributed by atoms with Crippen molar-refractivity contribution in [2.75, 3.05) is 6.54 Å². The largest absolute Gasteiger partial charge is 0.339 e. The Bertz CT molecular complexity index is 467. The molecule has 1 aromatic heterocycles. The zero-order valence-electron chi connectivity index (χ0n) is 10.7. The van der Waals surface area contributed by atoms with E-state index in [9.17, 15) is 0 Å². The third-order valence-corrected chi connectivity index (χ3v) is 3.01. The maximum atomic E-state index is 5.53. The highest BCUT2D eigenvalue weighted by molar-refractivity contribution is 5.53. The van der Waals surface area contributed by atoms with Crippen LogP contribution < -0.4 is 5.73 Å². The van der Waals surface area contributed by atoms with Gasteiger partial charge in [0.05, 0.1) is 0 Å². The van der Waals surface area contributed by atoms with Gasteiger partial charge in [0.25, 0.3) is 0 Å². The van der Waals surface area contributed by atoms with Crippen molar-refractivity contribution in [1.29, 1.82) is 0 Å². The van der Waals surface area contributed by atoms with E-state index < -0.39 is 0 Å². The predicted octanol–water partition coefficient (Wildman–Crippen LogP) is 2.65. The summed E-state index contributed by atoms with van der Waals surface area (Å²) in [6.07, 6.45) is 2.90. The molecule has 0 amide bonds. The second kappa shape index (κ2) is 6.31. The van der Waals surface area contributed by atoms with E-state index >= 15 is 0 Å². The Labute approximate surface area is 107 Å². The van der Waals surface area contributed by atoms with Gasteiger partial charge in [-0.1, -0.05) is 42.4 Å². The Morgan fingerprint density at radius 1 is 1.22 bits per heavy atom. The molecular formula is C14H19N3O. The molecule has 4 nitrogen and oxygen atoms in total. The van der Waals surface area contributed by atoms with Crippen LogP contribution in [0.15, 0.2) is 34.9 Å². The number of benzene rings is 1. The van der Waals surface area contributed by atoms with Crippen LogP contribution in [0.2, 0.25) is 0 Å². The fourth-order valence-electron chi connectivity index (χ4n) is 1.86. The van der Waals surface area contributed by atoms with Crippen molar-refractivity contribution >= 4 is 0 Å². The molecular weight excluding hydrogens is 226 g/mol. The van der Waals surface area contributed by atoms with Crippen molar-refractivity contribution in [1.82, 2.24) is 10.1 Å². The molecule has 2 N–H and O–H groups in total. The topological polar surface area (TPSA) is 64.9 Å². The van der Waals surface area contributed by atoms with Crippen LogP contribution in [0, 0.1) is 5.92 Å². The molecule has 0 bridgehead atoms. The van der Waals surface area contributed by atoms with Gasteiger partial charge in [-0.2, -0.15) is 4.98 Å². The standard InChI is InChI=1S/C14H19N3O/c1-11(9-10-15)7-8-13-16-14(17-18-13)12-5-3-2-4-6-12/h2-6,11H,7-10,15H2,1H3. The molecule has 1 heterocycles. The summed E-state index contributed by atoms with van der Waals surface area (Å²) in [7, 11) is 0. The van der Waals surface area contributed by atoms with Gasteiger partial charge in [0, 0.05) is 12.0 Å². The molecule has 1 atom stereocenters.